The molecule has 2 aromatic carbocycles. The number of nitrogens with one attached hydrogen (secondary N) is 1. The molecule has 5 aromatic rings. The van der Waals surface area contributed by atoms with Gasteiger partial charge in [-0.15, -0.1) is 0 Å². The maximum atomic E-state index is 12.5. The van der Waals surface area contributed by atoms with Crippen molar-refractivity contribution in [3.05, 3.63) is 107 Å². The maximum absolute atomic E-state index is 12.5. The highest BCUT2D eigenvalue weighted by atomic mass is 16.1. The molecule has 5 heterocycles. The summed E-state index contributed by atoms with van der Waals surface area (Å²) in [5.41, 5.74) is 5.99. The van der Waals surface area contributed by atoms with Crippen LogP contribution in [-0.4, -0.2) is 51.0 Å². The molecule has 2 aliphatic heterocycles. The molecule has 2 saturated heterocycles. The predicted octanol–water partition coefficient (Wildman–Crippen LogP) is 4.24. The van der Waals surface area contributed by atoms with Crippen molar-refractivity contribution in [3.63, 3.8) is 0 Å². The van der Waals surface area contributed by atoms with E-state index >= 15 is 0 Å². The maximum Gasteiger partial charge on any atom is 0.257 e. The number of aromatic amines is 1. The van der Waals surface area contributed by atoms with Gasteiger partial charge in [-0.25, -0.2) is 15.0 Å². The minimum atomic E-state index is -0.134. The first-order valence-electron chi connectivity index (χ1n) is 13.0. The second-order valence-electron chi connectivity index (χ2n) is 10.5. The topological polar surface area (TPSA) is 102 Å². The van der Waals surface area contributed by atoms with Crippen LogP contribution in [0.15, 0.2) is 90.0 Å². The van der Waals surface area contributed by atoms with Crippen LogP contribution in [0.1, 0.15) is 11.4 Å². The SMILES string of the molecule is N#Cc1nccc(N2CC3(CN(Cc4ccc(-c5nc6cc[nH]c(=O)c6cc5-c5ccccc5)cc4)C3)C2)n1. The fourth-order valence-electron chi connectivity index (χ4n) is 5.91. The fourth-order valence-corrected chi connectivity index (χ4v) is 5.91. The number of likely N-dealkylation sites (tertiary alicyclic amines) is 1. The molecular weight excluding hydrogens is 486 g/mol. The molecule has 2 fully saturated rings. The lowest BCUT2D eigenvalue weighted by Crippen LogP contribution is -2.72. The minimum absolute atomic E-state index is 0.134. The standard InChI is InChI=1S/C31H25N7O/c32-15-27-33-13-11-28(36-27)38-19-31(20-38)17-37(18-31)16-21-6-8-23(9-7-21)29-24(22-4-2-1-3-5-22)14-25-26(35-29)10-12-34-30(25)39/h1-14H,16-20H2,(H,34,39). The predicted molar refractivity (Wildman–Crippen MR) is 150 cm³/mol. The van der Waals surface area contributed by atoms with E-state index in [0.717, 1.165) is 60.9 Å². The molecule has 3 aromatic heterocycles. The zero-order valence-electron chi connectivity index (χ0n) is 21.2. The van der Waals surface area contributed by atoms with Gasteiger partial charge in [0.2, 0.25) is 5.82 Å². The first-order chi connectivity index (χ1) is 19.1. The molecule has 1 spiro atoms. The number of aromatic nitrogens is 4. The van der Waals surface area contributed by atoms with Gasteiger partial charge in [0.25, 0.3) is 5.56 Å². The molecule has 0 unspecified atom stereocenters. The Morgan fingerprint density at radius 2 is 1.72 bits per heavy atom. The van der Waals surface area contributed by atoms with Crippen molar-refractivity contribution in [1.82, 2.24) is 24.8 Å². The van der Waals surface area contributed by atoms with E-state index in [1.54, 1.807) is 12.4 Å². The van der Waals surface area contributed by atoms with Gasteiger partial charge in [0.1, 0.15) is 11.9 Å². The molecule has 0 amide bonds. The van der Waals surface area contributed by atoms with Gasteiger partial charge in [-0.3, -0.25) is 9.69 Å². The van der Waals surface area contributed by atoms with Gasteiger partial charge in [-0.05, 0) is 29.3 Å². The van der Waals surface area contributed by atoms with Crippen LogP contribution in [0.25, 0.3) is 33.3 Å². The molecule has 8 nitrogen and oxygen atoms in total. The van der Waals surface area contributed by atoms with E-state index in [0.29, 0.717) is 16.3 Å². The number of anilines is 1. The average molecular weight is 512 g/mol. The molecule has 190 valence electrons. The number of rotatable bonds is 5. The molecule has 2 aliphatic rings. The van der Waals surface area contributed by atoms with E-state index in [4.69, 9.17) is 10.2 Å². The van der Waals surface area contributed by atoms with Crippen LogP contribution in [0, 0.1) is 16.7 Å². The molecule has 0 atom stereocenters. The van der Waals surface area contributed by atoms with Gasteiger partial charge in [0.05, 0.1) is 16.6 Å². The van der Waals surface area contributed by atoms with Crippen molar-refractivity contribution < 1.29 is 0 Å². The number of fused-ring (bicyclic) bond motifs is 1. The number of H-pyrrole nitrogens is 1. The summed E-state index contributed by atoms with van der Waals surface area (Å²) in [6.07, 6.45) is 3.30. The Bertz CT molecular complexity index is 1780. The monoisotopic (exact) mass is 511 g/mol. The Morgan fingerprint density at radius 1 is 0.923 bits per heavy atom. The highest BCUT2D eigenvalue weighted by molar-refractivity contribution is 5.91. The quantitative estimate of drug-likeness (QED) is 0.377. The molecular formula is C31H25N7O. The number of nitriles is 1. The van der Waals surface area contributed by atoms with Gasteiger partial charge < -0.3 is 9.88 Å². The Kier molecular flexibility index (Phi) is 5.46. The van der Waals surface area contributed by atoms with Crippen LogP contribution >= 0.6 is 0 Å². The van der Waals surface area contributed by atoms with Crippen LogP contribution in [0.2, 0.25) is 0 Å². The third kappa shape index (κ3) is 4.23. The first-order valence-corrected chi connectivity index (χ1v) is 13.0. The summed E-state index contributed by atoms with van der Waals surface area (Å²) in [6, 6.07) is 26.4. The molecule has 8 heteroatoms. The molecule has 1 N–H and O–H groups in total. The van der Waals surface area contributed by atoms with Crippen molar-refractivity contribution in [1.29, 1.82) is 5.26 Å². The summed E-state index contributed by atoms with van der Waals surface area (Å²) in [6.45, 7) is 4.94. The van der Waals surface area contributed by atoms with Crippen molar-refractivity contribution in [2.75, 3.05) is 31.1 Å². The largest absolute Gasteiger partial charge is 0.355 e. The molecule has 0 saturated carbocycles. The molecule has 0 bridgehead atoms. The van der Waals surface area contributed by atoms with Crippen molar-refractivity contribution in [2.24, 2.45) is 5.41 Å². The molecule has 7 rings (SSSR count). The lowest BCUT2D eigenvalue weighted by atomic mass is 9.72. The lowest BCUT2D eigenvalue weighted by molar-refractivity contribution is -0.0276. The molecule has 0 radical (unpaired) electrons. The third-order valence-electron chi connectivity index (χ3n) is 7.71. The summed E-state index contributed by atoms with van der Waals surface area (Å²) in [7, 11) is 0. The Balaban J connectivity index is 1.07. The third-order valence-corrected chi connectivity index (χ3v) is 7.71. The highest BCUT2D eigenvalue weighted by Gasteiger charge is 2.51. The van der Waals surface area contributed by atoms with Crippen molar-refractivity contribution in [2.45, 2.75) is 6.54 Å². The van der Waals surface area contributed by atoms with Gasteiger partial charge >= 0.3 is 0 Å². The number of hydrogen-bond donors (Lipinski definition) is 1. The van der Waals surface area contributed by atoms with Crippen LogP contribution in [0.5, 0.6) is 0 Å². The minimum Gasteiger partial charge on any atom is -0.355 e. The Hall–Kier alpha value is -4.87. The number of benzene rings is 2. The van der Waals surface area contributed by atoms with Gasteiger partial charge in [0.15, 0.2) is 0 Å². The van der Waals surface area contributed by atoms with Crippen LogP contribution in [-0.2, 0) is 6.54 Å². The van der Waals surface area contributed by atoms with E-state index in [1.165, 1.54) is 5.56 Å². The molecule has 39 heavy (non-hydrogen) atoms. The Labute approximate surface area is 225 Å². The number of nitrogens with zero attached hydrogens (tertiary/aromatic N) is 6. The summed E-state index contributed by atoms with van der Waals surface area (Å²) in [5.74, 6) is 1.05. The van der Waals surface area contributed by atoms with Gasteiger partial charge in [0, 0.05) is 61.7 Å². The second kappa shape index (κ2) is 9.15. The van der Waals surface area contributed by atoms with Crippen LogP contribution < -0.4 is 10.5 Å². The van der Waals surface area contributed by atoms with E-state index in [9.17, 15) is 4.79 Å². The molecule has 0 aliphatic carbocycles. The summed E-state index contributed by atoms with van der Waals surface area (Å²) < 4.78 is 0. The zero-order valence-corrected chi connectivity index (χ0v) is 21.2. The van der Waals surface area contributed by atoms with Gasteiger partial charge in [-0.2, -0.15) is 5.26 Å². The fraction of sp³-hybridized carbons (Fsp3) is 0.194. The average Bonchev–Trinajstić information content (AvgIpc) is 2.94. The smallest absolute Gasteiger partial charge is 0.257 e. The lowest BCUT2D eigenvalue weighted by Gasteiger charge is -2.60. The van der Waals surface area contributed by atoms with Crippen molar-refractivity contribution >= 4 is 16.7 Å². The second-order valence-corrected chi connectivity index (χ2v) is 10.5. The highest BCUT2D eigenvalue weighted by Crippen LogP contribution is 2.42. The van der Waals surface area contributed by atoms with E-state index in [2.05, 4.69) is 49.0 Å². The van der Waals surface area contributed by atoms with Crippen molar-refractivity contribution in [3.8, 4) is 28.5 Å². The van der Waals surface area contributed by atoms with Gasteiger partial charge in [-0.1, -0.05) is 54.6 Å². The summed E-state index contributed by atoms with van der Waals surface area (Å²) >= 11 is 0. The zero-order chi connectivity index (χ0) is 26.4. The summed E-state index contributed by atoms with van der Waals surface area (Å²) in [5, 5.41) is 9.64. The first kappa shape index (κ1) is 23.3. The van der Waals surface area contributed by atoms with E-state index < -0.39 is 0 Å². The number of pyridine rings is 2. The van der Waals surface area contributed by atoms with E-state index in [-0.39, 0.29) is 11.4 Å². The summed E-state index contributed by atoms with van der Waals surface area (Å²) in [4.78, 5) is 33.1. The Morgan fingerprint density at radius 3 is 2.49 bits per heavy atom. The van der Waals surface area contributed by atoms with Crippen LogP contribution in [0.3, 0.4) is 0 Å². The van der Waals surface area contributed by atoms with Crippen LogP contribution in [0.4, 0.5) is 5.82 Å². The number of hydrogen-bond acceptors (Lipinski definition) is 7. The normalized spacial score (nSPS) is 16.0. The van der Waals surface area contributed by atoms with E-state index in [1.807, 2.05) is 54.6 Å².